The van der Waals surface area contributed by atoms with Crippen molar-refractivity contribution in [1.82, 2.24) is 4.90 Å². The van der Waals surface area contributed by atoms with Gasteiger partial charge in [-0.3, -0.25) is 0 Å². The summed E-state index contributed by atoms with van der Waals surface area (Å²) >= 11 is 0. The van der Waals surface area contributed by atoms with Gasteiger partial charge in [0.1, 0.15) is 19.0 Å². The molecule has 0 saturated heterocycles. The lowest BCUT2D eigenvalue weighted by Crippen LogP contribution is -2.40. The minimum Gasteiger partial charge on any atom is -0.491 e. The number of ether oxygens (including phenoxy) is 1. The summed E-state index contributed by atoms with van der Waals surface area (Å²) in [5.74, 6) is 0.494. The van der Waals surface area contributed by atoms with Gasteiger partial charge in [-0.1, -0.05) is 6.07 Å². The van der Waals surface area contributed by atoms with Crippen LogP contribution in [0.15, 0.2) is 24.3 Å². The number of hydrogen-bond donors (Lipinski definition) is 2. The minimum absolute atomic E-state index is 0.0150. The van der Waals surface area contributed by atoms with Crippen molar-refractivity contribution in [2.45, 2.75) is 13.0 Å². The van der Waals surface area contributed by atoms with E-state index >= 15 is 0 Å². The molecule has 0 bridgehead atoms. The molecule has 6 heteroatoms. The Labute approximate surface area is 112 Å². The number of anilines is 1. The number of aliphatic hydroxyl groups is 1. The zero-order chi connectivity index (χ0) is 14.3. The molecular weight excluding hydrogens is 251 g/mol. The Morgan fingerprint density at radius 1 is 1.58 bits per heavy atom. The van der Waals surface area contributed by atoms with E-state index in [-0.39, 0.29) is 25.3 Å². The molecule has 0 saturated carbocycles. The predicted octanol–water partition coefficient (Wildman–Crippen LogP) is 1.88. The van der Waals surface area contributed by atoms with Gasteiger partial charge in [0.2, 0.25) is 0 Å². The molecule has 0 aromatic heterocycles. The number of carbonyl (C=O) groups is 1. The molecule has 106 valence electrons. The number of halogens is 1. The van der Waals surface area contributed by atoms with Crippen LogP contribution in [0.1, 0.15) is 6.92 Å². The predicted molar refractivity (Wildman–Crippen MR) is 71.2 cm³/mol. The van der Waals surface area contributed by atoms with Gasteiger partial charge in [0, 0.05) is 18.8 Å². The molecule has 2 N–H and O–H groups in total. The number of urea groups is 1. The molecule has 0 heterocycles. The summed E-state index contributed by atoms with van der Waals surface area (Å²) in [5.41, 5.74) is 0.554. The van der Waals surface area contributed by atoms with Gasteiger partial charge < -0.3 is 20.1 Å². The van der Waals surface area contributed by atoms with E-state index < -0.39 is 6.67 Å². The SMILES string of the molecule is CC(CO)N(C)C(=O)Nc1cccc(OCCF)c1. The van der Waals surface area contributed by atoms with Crippen molar-refractivity contribution in [1.29, 1.82) is 0 Å². The van der Waals surface area contributed by atoms with Crippen LogP contribution < -0.4 is 10.1 Å². The van der Waals surface area contributed by atoms with Gasteiger partial charge in [-0.15, -0.1) is 0 Å². The molecule has 1 unspecified atom stereocenters. The molecule has 0 aliphatic rings. The summed E-state index contributed by atoms with van der Waals surface area (Å²) < 4.78 is 17.1. The normalized spacial score (nSPS) is 11.8. The highest BCUT2D eigenvalue weighted by molar-refractivity contribution is 5.89. The zero-order valence-corrected chi connectivity index (χ0v) is 11.1. The highest BCUT2D eigenvalue weighted by Gasteiger charge is 2.14. The molecule has 2 amide bonds. The minimum atomic E-state index is -0.562. The van der Waals surface area contributed by atoms with Crippen LogP contribution in [0.2, 0.25) is 0 Å². The van der Waals surface area contributed by atoms with E-state index in [2.05, 4.69) is 5.32 Å². The maximum absolute atomic E-state index is 12.0. The average molecular weight is 270 g/mol. The molecule has 19 heavy (non-hydrogen) atoms. The van der Waals surface area contributed by atoms with Crippen LogP contribution in [-0.2, 0) is 0 Å². The summed E-state index contributed by atoms with van der Waals surface area (Å²) in [6, 6.07) is 6.11. The molecule has 1 aromatic carbocycles. The lowest BCUT2D eigenvalue weighted by molar-refractivity contribution is 0.166. The van der Waals surface area contributed by atoms with Crippen molar-refractivity contribution in [3.05, 3.63) is 24.3 Å². The summed E-state index contributed by atoms with van der Waals surface area (Å²) in [4.78, 5) is 13.2. The fourth-order valence-corrected chi connectivity index (χ4v) is 1.35. The molecule has 1 rings (SSSR count). The average Bonchev–Trinajstić information content (AvgIpc) is 2.43. The number of benzene rings is 1. The van der Waals surface area contributed by atoms with E-state index in [1.54, 1.807) is 38.2 Å². The monoisotopic (exact) mass is 270 g/mol. The second kappa shape index (κ2) is 7.58. The smallest absolute Gasteiger partial charge is 0.321 e. The van der Waals surface area contributed by atoms with Crippen LogP contribution in [-0.4, -0.2) is 49.0 Å². The third kappa shape index (κ3) is 4.75. The Morgan fingerprint density at radius 2 is 2.32 bits per heavy atom. The third-order valence-corrected chi connectivity index (χ3v) is 2.68. The van der Waals surface area contributed by atoms with E-state index in [1.807, 2.05) is 0 Å². The number of alkyl halides is 1. The van der Waals surface area contributed by atoms with E-state index in [1.165, 1.54) is 4.90 Å². The first-order valence-electron chi connectivity index (χ1n) is 6.02. The number of rotatable bonds is 6. The Morgan fingerprint density at radius 3 is 2.95 bits per heavy atom. The van der Waals surface area contributed by atoms with Gasteiger partial charge in [-0.2, -0.15) is 0 Å². The second-order valence-corrected chi connectivity index (χ2v) is 4.14. The number of aliphatic hydroxyl groups excluding tert-OH is 1. The summed E-state index contributed by atoms with van der Waals surface area (Å²) in [5, 5.41) is 11.7. The van der Waals surface area contributed by atoms with E-state index in [4.69, 9.17) is 9.84 Å². The van der Waals surface area contributed by atoms with Crippen LogP contribution >= 0.6 is 0 Å². The molecule has 0 aliphatic carbocycles. The van der Waals surface area contributed by atoms with Crippen LogP contribution in [0.3, 0.4) is 0 Å². The van der Waals surface area contributed by atoms with Gasteiger partial charge in [0.15, 0.2) is 0 Å². The van der Waals surface area contributed by atoms with Crippen molar-refractivity contribution < 1.29 is 19.0 Å². The van der Waals surface area contributed by atoms with Gasteiger partial charge in [-0.05, 0) is 19.1 Å². The maximum Gasteiger partial charge on any atom is 0.321 e. The lowest BCUT2D eigenvalue weighted by Gasteiger charge is -2.23. The Hall–Kier alpha value is -1.82. The zero-order valence-electron chi connectivity index (χ0n) is 11.1. The quantitative estimate of drug-likeness (QED) is 0.829. The summed E-state index contributed by atoms with van der Waals surface area (Å²) in [6.45, 7) is 1.05. The topological polar surface area (TPSA) is 61.8 Å². The fraction of sp³-hybridized carbons (Fsp3) is 0.462. The number of nitrogens with zero attached hydrogens (tertiary/aromatic N) is 1. The van der Waals surface area contributed by atoms with Crippen molar-refractivity contribution in [3.8, 4) is 5.75 Å². The maximum atomic E-state index is 12.0. The fourth-order valence-electron chi connectivity index (χ4n) is 1.35. The number of likely N-dealkylation sites (N-methyl/N-ethyl adjacent to an activating group) is 1. The van der Waals surface area contributed by atoms with Crippen molar-refractivity contribution >= 4 is 11.7 Å². The standard InChI is InChI=1S/C13H19FN2O3/c1-10(9-17)16(2)13(18)15-11-4-3-5-12(8-11)19-7-6-14/h3-5,8,10,17H,6-7,9H2,1-2H3,(H,15,18). The van der Waals surface area contributed by atoms with Crippen LogP contribution in [0.25, 0.3) is 0 Å². The third-order valence-electron chi connectivity index (χ3n) is 2.68. The highest BCUT2D eigenvalue weighted by Crippen LogP contribution is 2.17. The first-order chi connectivity index (χ1) is 9.08. The Balaban J connectivity index is 2.63. The van der Waals surface area contributed by atoms with Gasteiger partial charge in [0.05, 0.1) is 12.6 Å². The lowest BCUT2D eigenvalue weighted by atomic mass is 10.3. The Kier molecular flexibility index (Phi) is 6.08. The molecule has 0 spiro atoms. The molecule has 0 fully saturated rings. The molecule has 0 radical (unpaired) electrons. The van der Waals surface area contributed by atoms with Gasteiger partial charge in [0.25, 0.3) is 0 Å². The number of carbonyl (C=O) groups excluding carboxylic acids is 1. The van der Waals surface area contributed by atoms with Crippen LogP contribution in [0, 0.1) is 0 Å². The van der Waals surface area contributed by atoms with Gasteiger partial charge in [-0.25, -0.2) is 9.18 Å². The van der Waals surface area contributed by atoms with Crippen molar-refractivity contribution in [2.24, 2.45) is 0 Å². The summed E-state index contributed by atoms with van der Waals surface area (Å²) in [6.07, 6.45) is 0. The first-order valence-corrected chi connectivity index (χ1v) is 6.02. The number of nitrogens with one attached hydrogen (secondary N) is 1. The van der Waals surface area contributed by atoms with Gasteiger partial charge >= 0.3 is 6.03 Å². The molecular formula is C13H19FN2O3. The van der Waals surface area contributed by atoms with E-state index in [9.17, 15) is 9.18 Å². The molecule has 5 nitrogen and oxygen atoms in total. The first kappa shape index (κ1) is 15.2. The van der Waals surface area contributed by atoms with Crippen molar-refractivity contribution in [3.63, 3.8) is 0 Å². The van der Waals surface area contributed by atoms with E-state index in [0.717, 1.165) is 0 Å². The molecule has 1 aromatic rings. The van der Waals surface area contributed by atoms with Crippen molar-refractivity contribution in [2.75, 3.05) is 32.3 Å². The molecule has 0 aliphatic heterocycles. The second-order valence-electron chi connectivity index (χ2n) is 4.14. The Bertz CT molecular complexity index is 415. The number of amides is 2. The van der Waals surface area contributed by atoms with Crippen LogP contribution in [0.4, 0.5) is 14.9 Å². The molecule has 1 atom stereocenters. The van der Waals surface area contributed by atoms with E-state index in [0.29, 0.717) is 11.4 Å². The number of hydrogen-bond acceptors (Lipinski definition) is 3. The summed E-state index contributed by atoms with van der Waals surface area (Å²) in [7, 11) is 1.60. The largest absolute Gasteiger partial charge is 0.491 e. The van der Waals surface area contributed by atoms with Crippen LogP contribution in [0.5, 0.6) is 5.75 Å². The highest BCUT2D eigenvalue weighted by atomic mass is 19.1.